The van der Waals surface area contributed by atoms with Gasteiger partial charge in [-0.2, -0.15) is 0 Å². The van der Waals surface area contributed by atoms with Crippen LogP contribution in [0.3, 0.4) is 0 Å². The minimum Gasteiger partial charge on any atom is -0.334 e. The van der Waals surface area contributed by atoms with Gasteiger partial charge in [0.15, 0.2) is 0 Å². The highest BCUT2D eigenvalue weighted by atomic mass is 16.2. The fourth-order valence-corrected chi connectivity index (χ4v) is 2.47. The van der Waals surface area contributed by atoms with Crippen LogP contribution in [0.1, 0.15) is 22.5 Å². The molecule has 0 saturated carbocycles. The average molecular weight is 320 g/mol. The van der Waals surface area contributed by atoms with Crippen molar-refractivity contribution in [3.8, 4) is 0 Å². The molecule has 2 N–H and O–H groups in total. The van der Waals surface area contributed by atoms with Gasteiger partial charge in [0.2, 0.25) is 0 Å². The van der Waals surface area contributed by atoms with E-state index in [1.54, 1.807) is 0 Å². The van der Waals surface area contributed by atoms with Crippen molar-refractivity contribution in [3.05, 3.63) is 65.0 Å². The Hall–Kier alpha value is -2.95. The molecular weight excluding hydrogens is 300 g/mol. The summed E-state index contributed by atoms with van der Waals surface area (Å²) in [7, 11) is 0. The number of benzene rings is 2. The first-order chi connectivity index (χ1) is 11.5. The predicted molar refractivity (Wildman–Crippen MR) is 96.0 cm³/mol. The lowest BCUT2D eigenvalue weighted by molar-refractivity contribution is 0.251. The van der Waals surface area contributed by atoms with Crippen molar-refractivity contribution in [2.24, 2.45) is 0 Å². The van der Waals surface area contributed by atoms with Crippen LogP contribution >= 0.6 is 0 Å². The van der Waals surface area contributed by atoms with Crippen LogP contribution in [-0.2, 0) is 6.54 Å². The maximum atomic E-state index is 12.1. The molecular formula is C19H20N4O. The molecule has 2 aromatic carbocycles. The van der Waals surface area contributed by atoms with Crippen LogP contribution in [0, 0.1) is 20.8 Å². The van der Waals surface area contributed by atoms with Crippen LogP contribution in [0.25, 0.3) is 11.0 Å². The third-order valence-corrected chi connectivity index (χ3v) is 4.03. The molecule has 0 spiro atoms. The number of hydrogen-bond acceptors (Lipinski definition) is 3. The highest BCUT2D eigenvalue weighted by Gasteiger charge is 2.06. The lowest BCUT2D eigenvalue weighted by atomic mass is 10.1. The van der Waals surface area contributed by atoms with Crippen LogP contribution in [0.5, 0.6) is 0 Å². The number of anilines is 1. The molecule has 122 valence electrons. The summed E-state index contributed by atoms with van der Waals surface area (Å²) in [5.74, 6) is 0. The number of fused-ring (bicyclic) bond motifs is 1. The number of rotatable bonds is 3. The minimum absolute atomic E-state index is 0.241. The second-order valence-electron chi connectivity index (χ2n) is 5.83. The van der Waals surface area contributed by atoms with Crippen molar-refractivity contribution in [2.75, 3.05) is 5.32 Å². The summed E-state index contributed by atoms with van der Waals surface area (Å²) >= 11 is 0. The maximum Gasteiger partial charge on any atom is 0.319 e. The van der Waals surface area contributed by atoms with Crippen LogP contribution in [0.15, 0.2) is 42.5 Å². The first kappa shape index (κ1) is 15.9. The number of nitrogens with zero attached hydrogens (tertiary/aromatic N) is 2. The Kier molecular flexibility index (Phi) is 4.42. The van der Waals surface area contributed by atoms with E-state index in [0.29, 0.717) is 12.2 Å². The molecule has 0 aliphatic carbocycles. The highest BCUT2D eigenvalue weighted by Crippen LogP contribution is 2.17. The van der Waals surface area contributed by atoms with Gasteiger partial charge >= 0.3 is 6.03 Å². The summed E-state index contributed by atoms with van der Waals surface area (Å²) in [6.45, 7) is 6.38. The molecule has 5 nitrogen and oxygen atoms in total. The Morgan fingerprint density at radius 1 is 0.958 bits per heavy atom. The van der Waals surface area contributed by atoms with E-state index in [2.05, 4.69) is 20.6 Å². The molecule has 0 fully saturated rings. The first-order valence-electron chi connectivity index (χ1n) is 7.87. The molecule has 5 heteroatoms. The number of urea groups is 1. The van der Waals surface area contributed by atoms with Gasteiger partial charge in [-0.1, -0.05) is 24.3 Å². The second-order valence-corrected chi connectivity index (χ2v) is 5.83. The molecule has 0 radical (unpaired) electrons. The molecule has 3 rings (SSSR count). The topological polar surface area (TPSA) is 66.9 Å². The monoisotopic (exact) mass is 320 g/mol. The fourth-order valence-electron chi connectivity index (χ4n) is 2.47. The fraction of sp³-hybridized carbons (Fsp3) is 0.211. The number of carbonyl (C=O) groups excluding carboxylic acids is 1. The lowest BCUT2D eigenvalue weighted by Gasteiger charge is -2.10. The van der Waals surface area contributed by atoms with Crippen LogP contribution in [-0.4, -0.2) is 16.0 Å². The zero-order valence-corrected chi connectivity index (χ0v) is 14.1. The minimum atomic E-state index is -0.241. The van der Waals surface area contributed by atoms with E-state index in [4.69, 9.17) is 0 Å². The van der Waals surface area contributed by atoms with E-state index in [0.717, 1.165) is 33.5 Å². The van der Waals surface area contributed by atoms with Gasteiger partial charge in [-0.15, -0.1) is 0 Å². The van der Waals surface area contributed by atoms with E-state index in [1.807, 2.05) is 63.2 Å². The Bertz CT molecular complexity index is 905. The van der Waals surface area contributed by atoms with Crippen molar-refractivity contribution in [1.29, 1.82) is 0 Å². The Labute approximate surface area is 141 Å². The third-order valence-electron chi connectivity index (χ3n) is 4.03. The maximum absolute atomic E-state index is 12.1. The van der Waals surface area contributed by atoms with E-state index in [9.17, 15) is 4.79 Å². The average Bonchev–Trinajstić information content (AvgIpc) is 2.55. The molecule has 24 heavy (non-hydrogen) atoms. The number of amides is 2. The Morgan fingerprint density at radius 2 is 1.67 bits per heavy atom. The smallest absolute Gasteiger partial charge is 0.319 e. The van der Waals surface area contributed by atoms with Crippen LogP contribution in [0.2, 0.25) is 0 Å². The summed E-state index contributed by atoms with van der Waals surface area (Å²) in [5, 5.41) is 5.71. The summed E-state index contributed by atoms with van der Waals surface area (Å²) < 4.78 is 0. The molecule has 0 aliphatic heterocycles. The van der Waals surface area contributed by atoms with E-state index in [-0.39, 0.29) is 6.03 Å². The van der Waals surface area contributed by atoms with Crippen molar-refractivity contribution >= 4 is 22.8 Å². The Morgan fingerprint density at radius 3 is 2.42 bits per heavy atom. The largest absolute Gasteiger partial charge is 0.334 e. The van der Waals surface area contributed by atoms with Gasteiger partial charge in [-0.3, -0.25) is 0 Å². The molecule has 1 heterocycles. The van der Waals surface area contributed by atoms with E-state index in [1.165, 1.54) is 0 Å². The normalized spacial score (nSPS) is 10.6. The van der Waals surface area contributed by atoms with Crippen molar-refractivity contribution in [2.45, 2.75) is 27.3 Å². The van der Waals surface area contributed by atoms with Crippen molar-refractivity contribution in [3.63, 3.8) is 0 Å². The molecule has 1 aromatic heterocycles. The molecule has 0 bridgehead atoms. The summed E-state index contributed by atoms with van der Waals surface area (Å²) in [6, 6.07) is 13.3. The molecule has 0 saturated heterocycles. The van der Waals surface area contributed by atoms with Crippen LogP contribution in [0.4, 0.5) is 10.5 Å². The summed E-state index contributed by atoms with van der Waals surface area (Å²) in [5.41, 5.74) is 6.36. The number of aryl methyl sites for hydroxylation is 3. The molecule has 0 aliphatic rings. The molecule has 0 atom stereocenters. The SMILES string of the molecule is Cc1ccccc1CNC(=O)Nc1ccc2nc(C)c(C)nc2c1. The van der Waals surface area contributed by atoms with E-state index >= 15 is 0 Å². The zero-order chi connectivity index (χ0) is 17.1. The van der Waals surface area contributed by atoms with E-state index < -0.39 is 0 Å². The number of aromatic nitrogens is 2. The lowest BCUT2D eigenvalue weighted by Crippen LogP contribution is -2.28. The molecule has 3 aromatic rings. The van der Waals surface area contributed by atoms with Gasteiger partial charge in [0.1, 0.15) is 0 Å². The summed E-state index contributed by atoms with van der Waals surface area (Å²) in [6.07, 6.45) is 0. The van der Waals surface area contributed by atoms with Gasteiger partial charge in [0.25, 0.3) is 0 Å². The predicted octanol–water partition coefficient (Wildman–Crippen LogP) is 3.88. The zero-order valence-electron chi connectivity index (χ0n) is 14.1. The van der Waals surface area contributed by atoms with Crippen LogP contribution < -0.4 is 10.6 Å². The number of nitrogens with one attached hydrogen (secondary N) is 2. The third kappa shape index (κ3) is 3.51. The van der Waals surface area contributed by atoms with Gasteiger partial charge in [0, 0.05) is 12.2 Å². The van der Waals surface area contributed by atoms with Gasteiger partial charge in [-0.25, -0.2) is 14.8 Å². The Balaban J connectivity index is 1.69. The quantitative estimate of drug-likeness (QED) is 0.769. The highest BCUT2D eigenvalue weighted by molar-refractivity contribution is 5.91. The second kappa shape index (κ2) is 6.66. The summed E-state index contributed by atoms with van der Waals surface area (Å²) in [4.78, 5) is 21.1. The van der Waals surface area contributed by atoms with Gasteiger partial charge < -0.3 is 10.6 Å². The van der Waals surface area contributed by atoms with Crippen molar-refractivity contribution in [1.82, 2.24) is 15.3 Å². The standard InChI is InChI=1S/C19H20N4O/c1-12-6-4-5-7-15(12)11-20-19(24)23-16-8-9-17-18(10-16)22-14(3)13(2)21-17/h4-10H,11H2,1-3H3,(H2,20,23,24). The molecule has 2 amide bonds. The van der Waals surface area contributed by atoms with Gasteiger partial charge in [0.05, 0.1) is 22.4 Å². The number of hydrogen-bond donors (Lipinski definition) is 2. The molecule has 0 unspecified atom stereocenters. The van der Waals surface area contributed by atoms with Crippen molar-refractivity contribution < 1.29 is 4.79 Å². The van der Waals surface area contributed by atoms with Gasteiger partial charge in [-0.05, 0) is 50.1 Å². The number of carbonyl (C=O) groups is 1. The first-order valence-corrected chi connectivity index (χ1v) is 7.87.